The highest BCUT2D eigenvalue weighted by Crippen LogP contribution is 2.29. The van der Waals surface area contributed by atoms with Crippen molar-refractivity contribution in [1.82, 2.24) is 14.9 Å². The van der Waals surface area contributed by atoms with Gasteiger partial charge in [-0.1, -0.05) is 29.8 Å². The number of amides is 1. The Hall–Kier alpha value is -3.53. The van der Waals surface area contributed by atoms with Crippen LogP contribution in [0.3, 0.4) is 0 Å². The standard InChI is InChI=1S/C28H37N5O4S/c1-20(2)15-17-33-25-18-21(31-38(35,36)23-11-7-6-8-12-23)13-14-24(25)30-26(33)32-16-9-10-22(19-32)29-27(34)37-28(3,4)5/h6-8,11-15,18,22,31H,9-10,16-17,19H2,1-5H3,(H,29,34)/t22-/m1/s1. The van der Waals surface area contributed by atoms with Crippen molar-refractivity contribution in [3.05, 3.63) is 60.2 Å². The summed E-state index contributed by atoms with van der Waals surface area (Å²) < 4.78 is 36.1. The summed E-state index contributed by atoms with van der Waals surface area (Å²) in [5.41, 5.74) is 2.67. The maximum Gasteiger partial charge on any atom is 0.407 e. The van der Waals surface area contributed by atoms with Crippen LogP contribution in [0.1, 0.15) is 47.5 Å². The van der Waals surface area contributed by atoms with Gasteiger partial charge in [-0.05, 0) is 77.8 Å². The second-order valence-electron chi connectivity index (χ2n) is 10.9. The molecule has 2 aromatic carbocycles. The van der Waals surface area contributed by atoms with Crippen LogP contribution in [0.2, 0.25) is 0 Å². The molecule has 38 heavy (non-hydrogen) atoms. The fourth-order valence-electron chi connectivity index (χ4n) is 4.43. The van der Waals surface area contributed by atoms with Crippen LogP contribution in [-0.4, -0.2) is 48.8 Å². The number of carbonyl (C=O) groups excluding carboxylic acids is 1. The zero-order valence-corrected chi connectivity index (χ0v) is 23.5. The first-order valence-corrected chi connectivity index (χ1v) is 14.4. The molecule has 2 heterocycles. The van der Waals surface area contributed by atoms with Gasteiger partial charge in [-0.3, -0.25) is 4.72 Å². The highest BCUT2D eigenvalue weighted by atomic mass is 32.2. The number of allylic oxidation sites excluding steroid dienone is 2. The van der Waals surface area contributed by atoms with Crippen molar-refractivity contribution in [2.24, 2.45) is 0 Å². The number of hydrogen-bond acceptors (Lipinski definition) is 6. The summed E-state index contributed by atoms with van der Waals surface area (Å²) in [6, 6.07) is 13.6. The molecule has 10 heteroatoms. The molecular weight excluding hydrogens is 502 g/mol. The minimum Gasteiger partial charge on any atom is -0.444 e. The molecule has 0 aliphatic carbocycles. The van der Waals surface area contributed by atoms with E-state index in [4.69, 9.17) is 9.72 Å². The molecule has 0 spiro atoms. The van der Waals surface area contributed by atoms with Crippen molar-refractivity contribution < 1.29 is 17.9 Å². The van der Waals surface area contributed by atoms with Crippen LogP contribution in [0.25, 0.3) is 11.0 Å². The molecule has 1 amide bonds. The number of fused-ring (bicyclic) bond motifs is 1. The SMILES string of the molecule is CC(C)=CCn1c(N2CCC[C@@H](NC(=O)OC(C)(C)C)C2)nc2ccc(NS(=O)(=O)c3ccccc3)cc21. The first-order chi connectivity index (χ1) is 17.9. The number of rotatable bonds is 7. The Morgan fingerprint density at radius 1 is 1.16 bits per heavy atom. The van der Waals surface area contributed by atoms with Gasteiger partial charge >= 0.3 is 6.09 Å². The summed E-state index contributed by atoms with van der Waals surface area (Å²) in [7, 11) is -3.72. The van der Waals surface area contributed by atoms with Crippen LogP contribution in [0, 0.1) is 0 Å². The van der Waals surface area contributed by atoms with Gasteiger partial charge in [-0.25, -0.2) is 18.2 Å². The van der Waals surface area contributed by atoms with Crippen molar-refractivity contribution in [2.75, 3.05) is 22.7 Å². The number of imidazole rings is 1. The molecule has 204 valence electrons. The molecule has 4 rings (SSSR count). The predicted octanol–water partition coefficient (Wildman–Crippen LogP) is 5.30. The van der Waals surface area contributed by atoms with E-state index < -0.39 is 21.7 Å². The average molecular weight is 540 g/mol. The fraction of sp³-hybridized carbons (Fsp3) is 0.429. The second-order valence-corrected chi connectivity index (χ2v) is 12.5. The number of sulfonamides is 1. The molecule has 3 aromatic rings. The Balaban J connectivity index is 1.63. The van der Waals surface area contributed by atoms with Crippen LogP contribution >= 0.6 is 0 Å². The van der Waals surface area contributed by atoms with E-state index in [9.17, 15) is 13.2 Å². The molecule has 0 bridgehead atoms. The Labute approximate surface area is 224 Å². The van der Waals surface area contributed by atoms with Crippen molar-refractivity contribution in [1.29, 1.82) is 0 Å². The minimum atomic E-state index is -3.72. The highest BCUT2D eigenvalue weighted by Gasteiger charge is 2.27. The number of carbonyl (C=O) groups is 1. The van der Waals surface area contributed by atoms with Gasteiger partial charge in [0.05, 0.1) is 21.6 Å². The Bertz CT molecular complexity index is 1420. The summed E-state index contributed by atoms with van der Waals surface area (Å²) in [4.78, 5) is 19.7. The number of nitrogens with one attached hydrogen (secondary N) is 2. The average Bonchev–Trinajstić information content (AvgIpc) is 3.20. The van der Waals surface area contributed by atoms with Gasteiger partial charge in [0, 0.05) is 25.7 Å². The van der Waals surface area contributed by atoms with E-state index in [0.29, 0.717) is 18.8 Å². The van der Waals surface area contributed by atoms with Gasteiger partial charge < -0.3 is 19.5 Å². The number of hydrogen-bond donors (Lipinski definition) is 2. The molecule has 1 aliphatic heterocycles. The lowest BCUT2D eigenvalue weighted by Gasteiger charge is -2.34. The molecule has 1 aromatic heterocycles. The predicted molar refractivity (Wildman–Crippen MR) is 151 cm³/mol. The fourth-order valence-corrected chi connectivity index (χ4v) is 5.50. The van der Waals surface area contributed by atoms with Crippen molar-refractivity contribution in [2.45, 2.75) is 70.5 Å². The lowest BCUT2D eigenvalue weighted by Crippen LogP contribution is -2.49. The first kappa shape index (κ1) is 27.5. The van der Waals surface area contributed by atoms with Crippen LogP contribution < -0.4 is 14.9 Å². The van der Waals surface area contributed by atoms with E-state index >= 15 is 0 Å². The number of ether oxygens (including phenoxy) is 1. The van der Waals surface area contributed by atoms with Crippen molar-refractivity contribution in [3.63, 3.8) is 0 Å². The Morgan fingerprint density at radius 3 is 2.58 bits per heavy atom. The van der Waals surface area contributed by atoms with Gasteiger partial charge in [0.1, 0.15) is 5.60 Å². The number of nitrogens with zero attached hydrogens (tertiary/aromatic N) is 3. The smallest absolute Gasteiger partial charge is 0.407 e. The van der Waals surface area contributed by atoms with Crippen LogP contribution in [0.5, 0.6) is 0 Å². The van der Waals surface area contributed by atoms with E-state index in [1.807, 2.05) is 46.8 Å². The third-order valence-electron chi connectivity index (χ3n) is 6.14. The van der Waals surface area contributed by atoms with E-state index in [0.717, 1.165) is 36.4 Å². The van der Waals surface area contributed by atoms with E-state index in [2.05, 4.69) is 25.6 Å². The lowest BCUT2D eigenvalue weighted by atomic mass is 10.1. The highest BCUT2D eigenvalue weighted by molar-refractivity contribution is 7.92. The van der Waals surface area contributed by atoms with Gasteiger partial charge in [-0.2, -0.15) is 0 Å². The molecule has 9 nitrogen and oxygen atoms in total. The topological polar surface area (TPSA) is 106 Å². The monoisotopic (exact) mass is 539 g/mol. The van der Waals surface area contributed by atoms with Crippen LogP contribution in [0.15, 0.2) is 65.1 Å². The third kappa shape index (κ3) is 6.86. The largest absolute Gasteiger partial charge is 0.444 e. The molecule has 1 saturated heterocycles. The minimum absolute atomic E-state index is 0.0661. The van der Waals surface area contributed by atoms with Crippen molar-refractivity contribution >= 4 is 38.8 Å². The Morgan fingerprint density at radius 2 is 1.89 bits per heavy atom. The lowest BCUT2D eigenvalue weighted by molar-refractivity contribution is 0.0499. The molecule has 2 N–H and O–H groups in total. The van der Waals surface area contributed by atoms with E-state index in [1.165, 1.54) is 5.57 Å². The quantitative estimate of drug-likeness (QED) is 0.395. The molecule has 0 saturated carbocycles. The van der Waals surface area contributed by atoms with Gasteiger partial charge in [0.2, 0.25) is 5.95 Å². The molecule has 1 aliphatic rings. The van der Waals surface area contributed by atoms with E-state index in [1.54, 1.807) is 36.4 Å². The summed E-state index contributed by atoms with van der Waals surface area (Å²) in [6.07, 6.45) is 3.45. The molecule has 1 fully saturated rings. The molecule has 1 atom stereocenters. The van der Waals surface area contributed by atoms with Crippen LogP contribution in [-0.2, 0) is 21.3 Å². The summed E-state index contributed by atoms with van der Waals surface area (Å²) in [5, 5.41) is 3.00. The number of anilines is 2. The maximum absolute atomic E-state index is 12.9. The van der Waals surface area contributed by atoms with Crippen molar-refractivity contribution in [3.8, 4) is 0 Å². The summed E-state index contributed by atoms with van der Waals surface area (Å²) >= 11 is 0. The maximum atomic E-state index is 12.9. The molecule has 0 radical (unpaired) electrons. The van der Waals surface area contributed by atoms with Gasteiger partial charge in [-0.15, -0.1) is 0 Å². The number of alkyl carbamates (subject to hydrolysis) is 1. The van der Waals surface area contributed by atoms with Gasteiger partial charge in [0.15, 0.2) is 0 Å². The number of piperidine rings is 1. The molecular formula is C28H37N5O4S. The summed E-state index contributed by atoms with van der Waals surface area (Å²) in [6.45, 7) is 11.6. The Kier molecular flexibility index (Phi) is 8.01. The van der Waals surface area contributed by atoms with Crippen LogP contribution in [0.4, 0.5) is 16.4 Å². The first-order valence-electron chi connectivity index (χ1n) is 12.9. The zero-order valence-electron chi connectivity index (χ0n) is 22.7. The summed E-state index contributed by atoms with van der Waals surface area (Å²) in [5.74, 6) is 0.788. The number of benzene rings is 2. The second kappa shape index (κ2) is 11.1. The van der Waals surface area contributed by atoms with Gasteiger partial charge in [0.25, 0.3) is 10.0 Å². The normalized spacial score (nSPS) is 16.2. The third-order valence-corrected chi connectivity index (χ3v) is 7.54. The number of aromatic nitrogens is 2. The zero-order chi connectivity index (χ0) is 27.5. The molecule has 0 unspecified atom stereocenters. The van der Waals surface area contributed by atoms with E-state index in [-0.39, 0.29) is 10.9 Å².